The SMILES string of the molecule is CC=C(CC)CN1CCCCC1. The molecule has 0 aliphatic carbocycles. The minimum absolute atomic E-state index is 1.22. The zero-order valence-corrected chi connectivity index (χ0v) is 8.47. The molecule has 1 rings (SSSR count). The number of allylic oxidation sites excluding steroid dienone is 1. The van der Waals surface area contributed by atoms with E-state index in [1.54, 1.807) is 5.57 Å². The number of nitrogens with zero attached hydrogens (tertiary/aromatic N) is 1. The smallest absolute Gasteiger partial charge is 0.0192 e. The summed E-state index contributed by atoms with van der Waals surface area (Å²) in [5.74, 6) is 0. The van der Waals surface area contributed by atoms with E-state index in [4.69, 9.17) is 0 Å². The van der Waals surface area contributed by atoms with Crippen molar-refractivity contribution in [2.45, 2.75) is 39.5 Å². The van der Waals surface area contributed by atoms with E-state index in [-0.39, 0.29) is 0 Å². The fourth-order valence-corrected chi connectivity index (χ4v) is 1.81. The standard InChI is InChI=1S/C11H21N/c1-3-11(4-2)10-12-8-6-5-7-9-12/h3H,4-10H2,1-2H3. The molecule has 0 N–H and O–H groups in total. The number of piperidine rings is 1. The normalized spacial score (nSPS) is 21.3. The molecule has 1 heteroatoms. The van der Waals surface area contributed by atoms with Crippen LogP contribution in [0.1, 0.15) is 39.5 Å². The molecule has 1 nitrogen and oxygen atoms in total. The molecule has 0 unspecified atom stereocenters. The molecule has 0 atom stereocenters. The van der Waals surface area contributed by atoms with Crippen LogP contribution in [-0.2, 0) is 0 Å². The third kappa shape index (κ3) is 2.98. The van der Waals surface area contributed by atoms with E-state index in [0.717, 1.165) is 0 Å². The molecule has 0 saturated carbocycles. The summed E-state index contributed by atoms with van der Waals surface area (Å²) < 4.78 is 0. The summed E-state index contributed by atoms with van der Waals surface area (Å²) in [6.07, 6.45) is 7.73. The lowest BCUT2D eigenvalue weighted by Crippen LogP contribution is -2.31. The Morgan fingerprint density at radius 2 is 1.92 bits per heavy atom. The first-order valence-electron chi connectivity index (χ1n) is 5.23. The summed E-state index contributed by atoms with van der Waals surface area (Å²) in [6.45, 7) is 8.25. The molecule has 1 heterocycles. The van der Waals surface area contributed by atoms with Crippen LogP contribution in [0.5, 0.6) is 0 Å². The monoisotopic (exact) mass is 167 g/mol. The first-order valence-corrected chi connectivity index (χ1v) is 5.23. The van der Waals surface area contributed by atoms with Crippen LogP contribution in [0.2, 0.25) is 0 Å². The summed E-state index contributed by atoms with van der Waals surface area (Å²) in [5, 5.41) is 0. The predicted octanol–water partition coefficient (Wildman–Crippen LogP) is 2.83. The maximum Gasteiger partial charge on any atom is 0.0192 e. The highest BCUT2D eigenvalue weighted by Crippen LogP contribution is 2.11. The summed E-state index contributed by atoms with van der Waals surface area (Å²) in [7, 11) is 0. The van der Waals surface area contributed by atoms with Gasteiger partial charge in [-0.2, -0.15) is 0 Å². The lowest BCUT2D eigenvalue weighted by molar-refractivity contribution is 0.245. The molecule has 0 bridgehead atoms. The van der Waals surface area contributed by atoms with Crippen LogP contribution in [0.25, 0.3) is 0 Å². The fraction of sp³-hybridized carbons (Fsp3) is 0.818. The highest BCUT2D eigenvalue weighted by Gasteiger charge is 2.09. The molecular weight excluding hydrogens is 146 g/mol. The molecule has 1 saturated heterocycles. The van der Waals surface area contributed by atoms with Gasteiger partial charge >= 0.3 is 0 Å². The molecule has 1 fully saturated rings. The van der Waals surface area contributed by atoms with Crippen molar-refractivity contribution in [3.63, 3.8) is 0 Å². The van der Waals surface area contributed by atoms with Gasteiger partial charge in [0.05, 0.1) is 0 Å². The number of likely N-dealkylation sites (tertiary alicyclic amines) is 1. The average Bonchev–Trinajstić information content (AvgIpc) is 2.16. The lowest BCUT2D eigenvalue weighted by atomic mass is 10.1. The summed E-state index contributed by atoms with van der Waals surface area (Å²) >= 11 is 0. The second-order valence-corrected chi connectivity index (χ2v) is 3.64. The van der Waals surface area contributed by atoms with Crippen molar-refractivity contribution in [3.05, 3.63) is 11.6 Å². The average molecular weight is 167 g/mol. The van der Waals surface area contributed by atoms with Gasteiger partial charge in [0, 0.05) is 6.54 Å². The van der Waals surface area contributed by atoms with Crippen LogP contribution in [0.4, 0.5) is 0 Å². The lowest BCUT2D eigenvalue weighted by Gasteiger charge is -2.27. The number of rotatable bonds is 3. The fourth-order valence-electron chi connectivity index (χ4n) is 1.81. The van der Waals surface area contributed by atoms with E-state index < -0.39 is 0 Å². The maximum absolute atomic E-state index is 2.59. The highest BCUT2D eigenvalue weighted by molar-refractivity contribution is 5.02. The van der Waals surface area contributed by atoms with Crippen molar-refractivity contribution in [1.82, 2.24) is 4.90 Å². The third-order valence-electron chi connectivity index (χ3n) is 2.74. The van der Waals surface area contributed by atoms with Gasteiger partial charge < -0.3 is 0 Å². The van der Waals surface area contributed by atoms with Gasteiger partial charge in [0.2, 0.25) is 0 Å². The highest BCUT2D eigenvalue weighted by atomic mass is 15.1. The Morgan fingerprint density at radius 3 is 2.42 bits per heavy atom. The van der Waals surface area contributed by atoms with Crippen molar-refractivity contribution in [2.24, 2.45) is 0 Å². The van der Waals surface area contributed by atoms with Gasteiger partial charge in [-0.1, -0.05) is 25.0 Å². The van der Waals surface area contributed by atoms with E-state index in [1.165, 1.54) is 45.3 Å². The van der Waals surface area contributed by atoms with Crippen LogP contribution in [0, 0.1) is 0 Å². The molecule has 0 radical (unpaired) electrons. The topological polar surface area (TPSA) is 3.24 Å². The van der Waals surface area contributed by atoms with Gasteiger partial charge in [-0.05, 0) is 39.3 Å². The summed E-state index contributed by atoms with van der Waals surface area (Å²) in [5.41, 5.74) is 1.59. The second kappa shape index (κ2) is 5.36. The molecule has 12 heavy (non-hydrogen) atoms. The molecule has 0 aromatic heterocycles. The van der Waals surface area contributed by atoms with Gasteiger partial charge in [0.15, 0.2) is 0 Å². The van der Waals surface area contributed by atoms with Crippen LogP contribution in [0.15, 0.2) is 11.6 Å². The van der Waals surface area contributed by atoms with E-state index in [9.17, 15) is 0 Å². The Morgan fingerprint density at radius 1 is 1.25 bits per heavy atom. The molecule has 0 aromatic carbocycles. The predicted molar refractivity (Wildman–Crippen MR) is 54.3 cm³/mol. The Balaban J connectivity index is 2.28. The molecule has 70 valence electrons. The Kier molecular flexibility index (Phi) is 4.37. The Labute approximate surface area is 76.5 Å². The van der Waals surface area contributed by atoms with Gasteiger partial charge in [-0.3, -0.25) is 4.90 Å². The van der Waals surface area contributed by atoms with E-state index >= 15 is 0 Å². The second-order valence-electron chi connectivity index (χ2n) is 3.64. The zero-order chi connectivity index (χ0) is 8.81. The van der Waals surface area contributed by atoms with Crippen LogP contribution >= 0.6 is 0 Å². The van der Waals surface area contributed by atoms with Crippen molar-refractivity contribution in [1.29, 1.82) is 0 Å². The Hall–Kier alpha value is -0.300. The van der Waals surface area contributed by atoms with Gasteiger partial charge in [-0.15, -0.1) is 0 Å². The molecule has 0 amide bonds. The van der Waals surface area contributed by atoms with E-state index in [1.807, 2.05) is 0 Å². The van der Waals surface area contributed by atoms with Gasteiger partial charge in [0.1, 0.15) is 0 Å². The summed E-state index contributed by atoms with van der Waals surface area (Å²) in [6, 6.07) is 0. The first-order chi connectivity index (χ1) is 5.86. The van der Waals surface area contributed by atoms with Crippen LogP contribution < -0.4 is 0 Å². The minimum atomic E-state index is 1.22. The number of hydrogen-bond donors (Lipinski definition) is 0. The van der Waals surface area contributed by atoms with Gasteiger partial charge in [-0.25, -0.2) is 0 Å². The van der Waals surface area contributed by atoms with Crippen molar-refractivity contribution in [2.75, 3.05) is 19.6 Å². The van der Waals surface area contributed by atoms with Crippen molar-refractivity contribution < 1.29 is 0 Å². The number of hydrogen-bond acceptors (Lipinski definition) is 1. The summed E-state index contributed by atoms with van der Waals surface area (Å²) in [4.78, 5) is 2.59. The van der Waals surface area contributed by atoms with E-state index in [0.29, 0.717) is 0 Å². The quantitative estimate of drug-likeness (QED) is 0.584. The Bertz CT molecular complexity index is 143. The van der Waals surface area contributed by atoms with Crippen molar-refractivity contribution in [3.8, 4) is 0 Å². The van der Waals surface area contributed by atoms with Crippen LogP contribution in [-0.4, -0.2) is 24.5 Å². The minimum Gasteiger partial charge on any atom is -0.299 e. The molecule has 0 spiro atoms. The first kappa shape index (κ1) is 9.79. The molecule has 0 aromatic rings. The van der Waals surface area contributed by atoms with E-state index in [2.05, 4.69) is 24.8 Å². The maximum atomic E-state index is 2.59. The molecular formula is C11H21N. The van der Waals surface area contributed by atoms with Crippen molar-refractivity contribution >= 4 is 0 Å². The van der Waals surface area contributed by atoms with Crippen LogP contribution in [0.3, 0.4) is 0 Å². The molecule has 1 aliphatic heterocycles. The largest absolute Gasteiger partial charge is 0.299 e. The van der Waals surface area contributed by atoms with Gasteiger partial charge in [0.25, 0.3) is 0 Å². The third-order valence-corrected chi connectivity index (χ3v) is 2.74. The zero-order valence-electron chi connectivity index (χ0n) is 8.47. The molecule has 1 aliphatic rings.